The van der Waals surface area contributed by atoms with Gasteiger partial charge in [-0.3, -0.25) is 0 Å². The van der Waals surface area contributed by atoms with Crippen LogP contribution in [-0.4, -0.2) is 5.11 Å². The van der Waals surface area contributed by atoms with Crippen molar-refractivity contribution in [2.24, 2.45) is 5.92 Å². The Hall–Kier alpha value is 0.240. The molecule has 1 rings (SSSR count). The van der Waals surface area contributed by atoms with Crippen LogP contribution in [0.15, 0.2) is 6.07 Å². The maximum atomic E-state index is 9.98. The third-order valence-electron chi connectivity index (χ3n) is 2.28. The molecule has 0 aromatic carbocycles. The third kappa shape index (κ3) is 2.86. The molecule has 0 saturated heterocycles. The van der Waals surface area contributed by atoms with Crippen molar-refractivity contribution in [1.82, 2.24) is 0 Å². The third-order valence-corrected chi connectivity index (χ3v) is 3.80. The minimum atomic E-state index is -0.494. The summed E-state index contributed by atoms with van der Waals surface area (Å²) < 4.78 is 1.23. The highest BCUT2D eigenvalue weighted by Gasteiger charge is 2.20. The van der Waals surface area contributed by atoms with Crippen LogP contribution in [0.3, 0.4) is 0 Å². The summed E-state index contributed by atoms with van der Waals surface area (Å²) in [6.45, 7) is 4.13. The topological polar surface area (TPSA) is 20.2 Å². The zero-order valence-corrected chi connectivity index (χ0v) is 10.6. The fourth-order valence-electron chi connectivity index (χ4n) is 1.47. The van der Waals surface area contributed by atoms with Gasteiger partial charge in [-0.1, -0.05) is 43.5 Å². The first kappa shape index (κ1) is 12.3. The van der Waals surface area contributed by atoms with Crippen LogP contribution in [0.1, 0.15) is 38.4 Å². The van der Waals surface area contributed by atoms with Gasteiger partial charge in [0.1, 0.15) is 4.34 Å². The second-order valence-electron chi connectivity index (χ2n) is 3.49. The van der Waals surface area contributed by atoms with Crippen LogP contribution >= 0.6 is 34.5 Å². The van der Waals surface area contributed by atoms with Crippen molar-refractivity contribution in [3.63, 3.8) is 0 Å². The van der Waals surface area contributed by atoms with Crippen molar-refractivity contribution in [1.29, 1.82) is 0 Å². The first-order valence-corrected chi connectivity index (χ1v) is 6.26. The normalized spacial score (nSPS) is 15.5. The molecule has 1 aromatic heterocycles. The summed E-state index contributed by atoms with van der Waals surface area (Å²) in [5.74, 6) is 0.225. The summed E-state index contributed by atoms with van der Waals surface area (Å²) in [6, 6.07) is 1.76. The van der Waals surface area contributed by atoms with Crippen LogP contribution in [0.25, 0.3) is 0 Å². The Morgan fingerprint density at radius 3 is 2.57 bits per heavy atom. The van der Waals surface area contributed by atoms with Gasteiger partial charge >= 0.3 is 0 Å². The SMILES string of the molecule is CCCC(C)C(O)c1cc(Cl)sc1Cl. The molecule has 1 N–H and O–H groups in total. The van der Waals surface area contributed by atoms with E-state index in [1.54, 1.807) is 6.07 Å². The number of rotatable bonds is 4. The molecule has 14 heavy (non-hydrogen) atoms. The van der Waals surface area contributed by atoms with Gasteiger partial charge in [0.25, 0.3) is 0 Å². The van der Waals surface area contributed by atoms with Crippen LogP contribution in [0, 0.1) is 5.92 Å². The van der Waals surface area contributed by atoms with Crippen LogP contribution in [-0.2, 0) is 0 Å². The predicted octanol–water partition coefficient (Wildman–Crippen LogP) is 4.52. The second kappa shape index (κ2) is 5.36. The van der Waals surface area contributed by atoms with E-state index in [4.69, 9.17) is 23.2 Å². The van der Waals surface area contributed by atoms with E-state index in [9.17, 15) is 5.11 Å². The Balaban J connectivity index is 2.77. The summed E-state index contributed by atoms with van der Waals surface area (Å²) in [5.41, 5.74) is 0.766. The lowest BCUT2D eigenvalue weighted by Crippen LogP contribution is -2.08. The predicted molar refractivity (Wildman–Crippen MR) is 63.4 cm³/mol. The minimum absolute atomic E-state index is 0.225. The van der Waals surface area contributed by atoms with Crippen molar-refractivity contribution in [3.05, 3.63) is 20.3 Å². The summed E-state index contributed by atoms with van der Waals surface area (Å²) in [4.78, 5) is 0. The summed E-state index contributed by atoms with van der Waals surface area (Å²) >= 11 is 13.1. The minimum Gasteiger partial charge on any atom is -0.388 e. The molecular formula is C10H14Cl2OS. The molecule has 0 spiro atoms. The fourth-order valence-corrected chi connectivity index (χ4v) is 3.01. The zero-order chi connectivity index (χ0) is 10.7. The van der Waals surface area contributed by atoms with E-state index in [0.717, 1.165) is 18.4 Å². The highest BCUT2D eigenvalue weighted by Crippen LogP contribution is 2.38. The molecule has 2 atom stereocenters. The largest absolute Gasteiger partial charge is 0.388 e. The number of hydrogen-bond donors (Lipinski definition) is 1. The van der Waals surface area contributed by atoms with E-state index >= 15 is 0 Å². The van der Waals surface area contributed by atoms with Gasteiger partial charge in [0.2, 0.25) is 0 Å². The van der Waals surface area contributed by atoms with E-state index in [1.807, 2.05) is 6.92 Å². The zero-order valence-electron chi connectivity index (χ0n) is 8.26. The highest BCUT2D eigenvalue weighted by atomic mass is 35.5. The molecule has 0 aliphatic heterocycles. The molecule has 2 unspecified atom stereocenters. The average molecular weight is 253 g/mol. The van der Waals surface area contributed by atoms with Gasteiger partial charge in [-0.05, 0) is 18.4 Å². The van der Waals surface area contributed by atoms with E-state index in [2.05, 4.69) is 6.92 Å². The Bertz CT molecular complexity index is 298. The number of hydrogen-bond acceptors (Lipinski definition) is 2. The van der Waals surface area contributed by atoms with Crippen molar-refractivity contribution in [2.45, 2.75) is 32.8 Å². The van der Waals surface area contributed by atoms with Crippen LogP contribution in [0.4, 0.5) is 0 Å². The summed E-state index contributed by atoms with van der Waals surface area (Å²) in [6.07, 6.45) is 1.56. The molecule has 1 nitrogen and oxygen atoms in total. The molecule has 80 valence electrons. The van der Waals surface area contributed by atoms with Gasteiger partial charge in [-0.15, -0.1) is 11.3 Å². The van der Waals surface area contributed by atoms with Crippen LogP contribution in [0.5, 0.6) is 0 Å². The molecule has 0 aliphatic rings. The Kier molecular flexibility index (Phi) is 4.71. The van der Waals surface area contributed by atoms with Crippen LogP contribution < -0.4 is 0 Å². The highest BCUT2D eigenvalue weighted by molar-refractivity contribution is 7.20. The summed E-state index contributed by atoms with van der Waals surface area (Å²) in [5, 5.41) is 9.98. The van der Waals surface area contributed by atoms with Crippen molar-refractivity contribution in [2.75, 3.05) is 0 Å². The van der Waals surface area contributed by atoms with Gasteiger partial charge < -0.3 is 5.11 Å². The molecule has 0 amide bonds. The van der Waals surface area contributed by atoms with Gasteiger partial charge in [-0.25, -0.2) is 0 Å². The summed E-state index contributed by atoms with van der Waals surface area (Å²) in [7, 11) is 0. The molecule has 1 aromatic rings. The number of aliphatic hydroxyl groups excluding tert-OH is 1. The van der Waals surface area contributed by atoms with Crippen molar-refractivity contribution >= 4 is 34.5 Å². The Morgan fingerprint density at radius 1 is 1.50 bits per heavy atom. The maximum Gasteiger partial charge on any atom is 0.100 e. The lowest BCUT2D eigenvalue weighted by atomic mass is 9.95. The molecule has 0 radical (unpaired) electrons. The van der Waals surface area contributed by atoms with Gasteiger partial charge in [-0.2, -0.15) is 0 Å². The second-order valence-corrected chi connectivity index (χ2v) is 5.78. The molecule has 4 heteroatoms. The standard InChI is InChI=1S/C10H14Cl2OS/c1-3-4-6(2)9(13)7-5-8(11)14-10(7)12/h5-6,9,13H,3-4H2,1-2H3. The first-order valence-electron chi connectivity index (χ1n) is 4.69. The van der Waals surface area contributed by atoms with Gasteiger partial charge in [0.15, 0.2) is 0 Å². The van der Waals surface area contributed by atoms with Crippen LogP contribution in [0.2, 0.25) is 8.67 Å². The number of halogens is 2. The quantitative estimate of drug-likeness (QED) is 0.836. The Morgan fingerprint density at radius 2 is 2.14 bits per heavy atom. The molecular weight excluding hydrogens is 239 g/mol. The number of aliphatic hydroxyl groups is 1. The first-order chi connectivity index (χ1) is 6.56. The van der Waals surface area contributed by atoms with E-state index in [1.165, 1.54) is 11.3 Å². The molecule has 0 fully saturated rings. The van der Waals surface area contributed by atoms with E-state index < -0.39 is 6.10 Å². The lowest BCUT2D eigenvalue weighted by Gasteiger charge is -2.17. The van der Waals surface area contributed by atoms with Crippen molar-refractivity contribution < 1.29 is 5.11 Å². The van der Waals surface area contributed by atoms with Crippen molar-refractivity contribution in [3.8, 4) is 0 Å². The van der Waals surface area contributed by atoms with Gasteiger partial charge in [0.05, 0.1) is 10.4 Å². The van der Waals surface area contributed by atoms with E-state index in [0.29, 0.717) is 8.67 Å². The Labute approximate surface area is 98.7 Å². The number of thiophene rings is 1. The fraction of sp³-hybridized carbons (Fsp3) is 0.600. The molecule has 1 heterocycles. The molecule has 0 bridgehead atoms. The van der Waals surface area contributed by atoms with E-state index in [-0.39, 0.29) is 5.92 Å². The monoisotopic (exact) mass is 252 g/mol. The smallest absolute Gasteiger partial charge is 0.100 e. The lowest BCUT2D eigenvalue weighted by molar-refractivity contribution is 0.113. The van der Waals surface area contributed by atoms with Gasteiger partial charge in [0, 0.05) is 5.56 Å². The molecule has 0 saturated carbocycles. The average Bonchev–Trinajstić information content (AvgIpc) is 2.44. The maximum absolute atomic E-state index is 9.98. The molecule has 0 aliphatic carbocycles.